The molecule has 0 spiro atoms. The van der Waals surface area contributed by atoms with Gasteiger partial charge in [0.05, 0.1) is 0 Å². The smallest absolute Gasteiger partial charge is 0.274 e. The summed E-state index contributed by atoms with van der Waals surface area (Å²) in [7, 11) is -4.25. The van der Waals surface area contributed by atoms with Crippen molar-refractivity contribution in [2.24, 2.45) is 0 Å². The maximum atomic E-state index is 11.5. The molecular weight excluding hydrogens is 292 g/mol. The zero-order chi connectivity index (χ0) is 15.9. The number of allylic oxidation sites excluding steroid dienone is 1. The fourth-order valence-electron chi connectivity index (χ4n) is 2.19. The maximum Gasteiger partial charge on any atom is 0.274 e. The van der Waals surface area contributed by atoms with E-state index in [1.807, 2.05) is 0 Å². The SMILES string of the molecule is C=CCOC1=CC(C)(OCCCCC)C(S(=O)(=O)O)C=C1. The molecular formula is C15H24O5S. The number of rotatable bonds is 9. The standard InChI is InChI=1S/C15H24O5S/c1-4-6-7-11-20-15(3)12-13(19-10-5-2)8-9-14(15)21(16,17)18/h5,8-9,12,14H,2,4,6-7,10-11H2,1,3H3,(H,16,17,18). The molecule has 0 saturated carbocycles. The molecule has 0 aliphatic heterocycles. The Morgan fingerprint density at radius 3 is 2.76 bits per heavy atom. The zero-order valence-electron chi connectivity index (χ0n) is 12.6. The maximum absolute atomic E-state index is 11.5. The van der Waals surface area contributed by atoms with Gasteiger partial charge in [0.15, 0.2) is 0 Å². The van der Waals surface area contributed by atoms with Crippen LogP contribution >= 0.6 is 0 Å². The lowest BCUT2D eigenvalue weighted by molar-refractivity contribution is 0.00278. The Morgan fingerprint density at radius 2 is 2.19 bits per heavy atom. The van der Waals surface area contributed by atoms with Crippen molar-refractivity contribution in [1.29, 1.82) is 0 Å². The summed E-state index contributed by atoms with van der Waals surface area (Å²) in [6, 6.07) is 0. The van der Waals surface area contributed by atoms with Crippen molar-refractivity contribution in [1.82, 2.24) is 0 Å². The highest BCUT2D eigenvalue weighted by Gasteiger charge is 2.42. The number of hydrogen-bond acceptors (Lipinski definition) is 4. The summed E-state index contributed by atoms with van der Waals surface area (Å²) in [5.74, 6) is 0.507. The van der Waals surface area contributed by atoms with Crippen LogP contribution in [0, 0.1) is 0 Å². The van der Waals surface area contributed by atoms with Crippen molar-refractivity contribution in [2.45, 2.75) is 44.0 Å². The summed E-state index contributed by atoms with van der Waals surface area (Å²) in [6.45, 7) is 8.02. The summed E-state index contributed by atoms with van der Waals surface area (Å²) in [5.41, 5.74) is -1.15. The van der Waals surface area contributed by atoms with Crippen molar-refractivity contribution in [3.05, 3.63) is 36.6 Å². The van der Waals surface area contributed by atoms with E-state index in [2.05, 4.69) is 13.5 Å². The van der Waals surface area contributed by atoms with Crippen LogP contribution in [0.3, 0.4) is 0 Å². The van der Waals surface area contributed by atoms with Gasteiger partial charge in [-0.1, -0.05) is 38.5 Å². The van der Waals surface area contributed by atoms with Gasteiger partial charge in [-0.2, -0.15) is 8.42 Å². The Kier molecular flexibility index (Phi) is 6.64. The molecule has 1 aliphatic rings. The quantitative estimate of drug-likeness (QED) is 0.402. The fourth-order valence-corrected chi connectivity index (χ4v) is 3.20. The van der Waals surface area contributed by atoms with Crippen molar-refractivity contribution in [3.8, 4) is 0 Å². The Hall–Kier alpha value is -1.11. The minimum atomic E-state index is -4.25. The molecule has 1 N–H and O–H groups in total. The highest BCUT2D eigenvalue weighted by Crippen LogP contribution is 2.30. The average molecular weight is 316 g/mol. The lowest BCUT2D eigenvalue weighted by atomic mass is 9.95. The third kappa shape index (κ3) is 5.30. The number of ether oxygens (including phenoxy) is 2. The van der Waals surface area contributed by atoms with Crippen LogP contribution in [-0.4, -0.2) is 37.0 Å². The third-order valence-corrected chi connectivity index (χ3v) is 4.55. The molecule has 2 atom stereocenters. The van der Waals surface area contributed by atoms with Crippen molar-refractivity contribution in [2.75, 3.05) is 13.2 Å². The van der Waals surface area contributed by atoms with Gasteiger partial charge in [-0.05, 0) is 25.5 Å². The first-order valence-electron chi connectivity index (χ1n) is 7.08. The molecule has 0 radical (unpaired) electrons. The van der Waals surface area contributed by atoms with E-state index in [9.17, 15) is 13.0 Å². The van der Waals surface area contributed by atoms with Crippen LogP contribution in [0.1, 0.15) is 33.1 Å². The Morgan fingerprint density at radius 1 is 1.48 bits per heavy atom. The molecule has 0 aromatic rings. The molecule has 21 heavy (non-hydrogen) atoms. The van der Waals surface area contributed by atoms with E-state index in [0.717, 1.165) is 19.3 Å². The van der Waals surface area contributed by atoms with E-state index in [4.69, 9.17) is 9.47 Å². The first-order valence-corrected chi connectivity index (χ1v) is 8.59. The number of hydrogen-bond donors (Lipinski definition) is 1. The van der Waals surface area contributed by atoms with Gasteiger partial charge in [0, 0.05) is 6.61 Å². The summed E-state index contributed by atoms with van der Waals surface area (Å²) in [6.07, 6.45) is 9.01. The normalized spacial score (nSPS) is 25.5. The lowest BCUT2D eigenvalue weighted by Gasteiger charge is -2.34. The fraction of sp³-hybridized carbons (Fsp3) is 0.600. The predicted molar refractivity (Wildman–Crippen MR) is 82.6 cm³/mol. The second kappa shape index (κ2) is 7.77. The van der Waals surface area contributed by atoms with E-state index < -0.39 is 21.0 Å². The first-order chi connectivity index (χ1) is 9.83. The largest absolute Gasteiger partial charge is 0.490 e. The second-order valence-electron chi connectivity index (χ2n) is 5.18. The van der Waals surface area contributed by atoms with E-state index in [1.165, 1.54) is 12.2 Å². The molecule has 0 heterocycles. The van der Waals surface area contributed by atoms with Crippen LogP contribution in [0.5, 0.6) is 0 Å². The molecule has 120 valence electrons. The Labute approximate surface area is 127 Å². The van der Waals surface area contributed by atoms with Crippen molar-refractivity contribution < 1.29 is 22.4 Å². The molecule has 0 aromatic heterocycles. The summed E-state index contributed by atoms with van der Waals surface area (Å²) in [5, 5.41) is -1.14. The molecule has 0 aromatic carbocycles. The van der Waals surface area contributed by atoms with Gasteiger partial charge < -0.3 is 9.47 Å². The average Bonchev–Trinajstić information content (AvgIpc) is 2.40. The molecule has 2 unspecified atom stereocenters. The summed E-state index contributed by atoms with van der Waals surface area (Å²) in [4.78, 5) is 0. The van der Waals surface area contributed by atoms with Crippen LogP contribution in [0.25, 0.3) is 0 Å². The topological polar surface area (TPSA) is 72.8 Å². The third-order valence-electron chi connectivity index (χ3n) is 3.28. The molecule has 0 amide bonds. The second-order valence-corrected chi connectivity index (χ2v) is 6.72. The van der Waals surface area contributed by atoms with Gasteiger partial charge in [0.2, 0.25) is 0 Å². The van der Waals surface area contributed by atoms with Gasteiger partial charge in [-0.15, -0.1) is 0 Å². The monoisotopic (exact) mass is 316 g/mol. The van der Waals surface area contributed by atoms with Gasteiger partial charge in [-0.25, -0.2) is 0 Å². The van der Waals surface area contributed by atoms with Crippen LogP contribution < -0.4 is 0 Å². The minimum Gasteiger partial charge on any atom is -0.490 e. The number of unbranched alkanes of at least 4 members (excludes halogenated alkanes) is 2. The zero-order valence-corrected chi connectivity index (χ0v) is 13.4. The van der Waals surface area contributed by atoms with Crippen LogP contribution in [0.15, 0.2) is 36.6 Å². The molecule has 0 fully saturated rings. The highest BCUT2D eigenvalue weighted by atomic mass is 32.2. The molecule has 1 aliphatic carbocycles. The van der Waals surface area contributed by atoms with Gasteiger partial charge in [0.1, 0.15) is 23.2 Å². The summed E-state index contributed by atoms with van der Waals surface area (Å²) >= 11 is 0. The van der Waals surface area contributed by atoms with Crippen LogP contribution in [0.4, 0.5) is 0 Å². The predicted octanol–water partition coefficient (Wildman–Crippen LogP) is 2.86. The van der Waals surface area contributed by atoms with E-state index >= 15 is 0 Å². The molecule has 0 saturated heterocycles. The molecule has 6 heteroatoms. The first kappa shape index (κ1) is 17.9. The van der Waals surface area contributed by atoms with Crippen molar-refractivity contribution >= 4 is 10.1 Å². The molecule has 1 rings (SSSR count). The van der Waals surface area contributed by atoms with E-state index in [-0.39, 0.29) is 0 Å². The molecule has 5 nitrogen and oxygen atoms in total. The van der Waals surface area contributed by atoms with Gasteiger partial charge in [0.25, 0.3) is 10.1 Å². The van der Waals surface area contributed by atoms with E-state index in [1.54, 1.807) is 19.1 Å². The minimum absolute atomic E-state index is 0.318. The van der Waals surface area contributed by atoms with E-state index in [0.29, 0.717) is 19.0 Å². The highest BCUT2D eigenvalue weighted by molar-refractivity contribution is 7.86. The van der Waals surface area contributed by atoms with Gasteiger partial charge in [-0.3, -0.25) is 4.55 Å². The van der Waals surface area contributed by atoms with Crippen molar-refractivity contribution in [3.63, 3.8) is 0 Å². The lowest BCUT2D eigenvalue weighted by Crippen LogP contribution is -2.46. The van der Waals surface area contributed by atoms with Crippen LogP contribution in [-0.2, 0) is 19.6 Å². The Bertz CT molecular complexity index is 506. The van der Waals surface area contributed by atoms with Gasteiger partial charge >= 0.3 is 0 Å². The molecule has 0 bridgehead atoms. The summed E-state index contributed by atoms with van der Waals surface area (Å²) < 4.78 is 43.7. The Balaban J connectivity index is 2.90. The van der Waals surface area contributed by atoms with Crippen LogP contribution in [0.2, 0.25) is 0 Å².